The Kier molecular flexibility index (Phi) is 5.34. The van der Waals surface area contributed by atoms with Crippen molar-refractivity contribution in [3.8, 4) is 0 Å². The molecule has 1 aromatic heterocycles. The molecule has 1 N–H and O–H groups in total. The molecule has 132 valence electrons. The molecule has 2 saturated heterocycles. The number of carbonyl (C=O) groups is 2. The van der Waals surface area contributed by atoms with Gasteiger partial charge in [-0.25, -0.2) is 4.79 Å². The van der Waals surface area contributed by atoms with Crippen LogP contribution >= 0.6 is 0 Å². The number of nitrogens with one attached hydrogen (secondary N) is 1. The molecule has 8 heteroatoms. The van der Waals surface area contributed by atoms with Crippen LogP contribution in [-0.2, 0) is 18.4 Å². The van der Waals surface area contributed by atoms with Crippen LogP contribution in [0.1, 0.15) is 18.4 Å². The van der Waals surface area contributed by atoms with E-state index in [0.29, 0.717) is 39.3 Å². The number of carbonyl (C=O) groups excluding carboxylic acids is 2. The second kappa shape index (κ2) is 7.65. The largest absolute Gasteiger partial charge is 0.338 e. The number of amides is 3. The summed E-state index contributed by atoms with van der Waals surface area (Å²) in [5.41, 5.74) is 0.977. The van der Waals surface area contributed by atoms with Gasteiger partial charge in [0.25, 0.3) is 0 Å². The third-order valence-corrected chi connectivity index (χ3v) is 4.68. The summed E-state index contributed by atoms with van der Waals surface area (Å²) < 4.78 is 1.71. The van der Waals surface area contributed by atoms with Gasteiger partial charge in [0.05, 0.1) is 12.7 Å². The maximum atomic E-state index is 12.3. The first-order valence-electron chi connectivity index (χ1n) is 8.62. The lowest BCUT2D eigenvalue weighted by molar-refractivity contribution is -0.133. The third kappa shape index (κ3) is 4.25. The van der Waals surface area contributed by atoms with Gasteiger partial charge >= 0.3 is 6.03 Å². The number of hydrogen-bond acceptors (Lipinski definition) is 4. The van der Waals surface area contributed by atoms with Gasteiger partial charge in [-0.3, -0.25) is 14.4 Å². The summed E-state index contributed by atoms with van der Waals surface area (Å²) in [4.78, 5) is 30.4. The first-order valence-corrected chi connectivity index (χ1v) is 8.62. The molecule has 2 aliphatic rings. The quantitative estimate of drug-likeness (QED) is 0.832. The molecule has 0 unspecified atom stereocenters. The molecule has 2 aliphatic heterocycles. The van der Waals surface area contributed by atoms with Crippen molar-refractivity contribution in [3.63, 3.8) is 0 Å². The fourth-order valence-electron chi connectivity index (χ4n) is 3.24. The predicted molar refractivity (Wildman–Crippen MR) is 89.3 cm³/mol. The molecule has 0 aliphatic carbocycles. The Morgan fingerprint density at radius 1 is 1.08 bits per heavy atom. The van der Waals surface area contributed by atoms with Crippen molar-refractivity contribution < 1.29 is 9.59 Å². The van der Waals surface area contributed by atoms with E-state index in [4.69, 9.17) is 0 Å². The molecule has 0 saturated carbocycles. The van der Waals surface area contributed by atoms with Crippen molar-refractivity contribution in [2.24, 2.45) is 7.05 Å². The molecule has 0 spiro atoms. The van der Waals surface area contributed by atoms with Gasteiger partial charge < -0.3 is 15.1 Å². The molecule has 0 atom stereocenters. The molecule has 0 radical (unpaired) electrons. The fourth-order valence-corrected chi connectivity index (χ4v) is 3.24. The first-order chi connectivity index (χ1) is 11.6. The van der Waals surface area contributed by atoms with E-state index in [-0.39, 0.29) is 11.9 Å². The van der Waals surface area contributed by atoms with E-state index in [1.807, 2.05) is 18.1 Å². The lowest BCUT2D eigenvalue weighted by Gasteiger charge is -2.35. The summed E-state index contributed by atoms with van der Waals surface area (Å²) in [5, 5.41) is 6.99. The second-order valence-electron chi connectivity index (χ2n) is 6.53. The Balaban J connectivity index is 1.39. The normalized spacial score (nSPS) is 18.9. The first kappa shape index (κ1) is 16.8. The minimum atomic E-state index is -0.0782. The highest BCUT2D eigenvalue weighted by Gasteiger charge is 2.25. The SMILES string of the molecule is Cn1cc(CNC(=O)N2CCN(C(=O)CN3CCCC3)CC2)cn1. The van der Waals surface area contributed by atoms with Gasteiger partial charge in [-0.15, -0.1) is 0 Å². The molecule has 0 bridgehead atoms. The number of nitrogens with zero attached hydrogens (tertiary/aromatic N) is 5. The number of likely N-dealkylation sites (tertiary alicyclic amines) is 1. The average molecular weight is 334 g/mol. The maximum Gasteiger partial charge on any atom is 0.317 e. The summed E-state index contributed by atoms with van der Waals surface area (Å²) in [6, 6.07) is -0.0782. The van der Waals surface area contributed by atoms with Gasteiger partial charge in [-0.1, -0.05) is 0 Å². The predicted octanol–water partition coefficient (Wildman–Crippen LogP) is -0.130. The molecular weight excluding hydrogens is 308 g/mol. The van der Waals surface area contributed by atoms with Crippen LogP contribution in [0, 0.1) is 0 Å². The van der Waals surface area contributed by atoms with Crippen LogP contribution in [0.3, 0.4) is 0 Å². The molecule has 1 aromatic rings. The van der Waals surface area contributed by atoms with Gasteiger partial charge in [0.1, 0.15) is 0 Å². The van der Waals surface area contributed by atoms with Crippen molar-refractivity contribution >= 4 is 11.9 Å². The number of aryl methyl sites for hydroxylation is 1. The zero-order valence-electron chi connectivity index (χ0n) is 14.3. The molecule has 3 rings (SSSR count). The monoisotopic (exact) mass is 334 g/mol. The van der Waals surface area contributed by atoms with Crippen LogP contribution in [0.25, 0.3) is 0 Å². The fraction of sp³-hybridized carbons (Fsp3) is 0.688. The molecular formula is C16H26N6O2. The van der Waals surface area contributed by atoms with Gasteiger partial charge in [0.15, 0.2) is 0 Å². The van der Waals surface area contributed by atoms with Crippen LogP contribution < -0.4 is 5.32 Å². The van der Waals surface area contributed by atoms with Gasteiger partial charge in [-0.05, 0) is 25.9 Å². The topological polar surface area (TPSA) is 73.7 Å². The number of hydrogen-bond donors (Lipinski definition) is 1. The highest BCUT2D eigenvalue weighted by Crippen LogP contribution is 2.09. The van der Waals surface area contributed by atoms with E-state index < -0.39 is 0 Å². The van der Waals surface area contributed by atoms with Crippen LogP contribution in [0.5, 0.6) is 0 Å². The molecule has 24 heavy (non-hydrogen) atoms. The Morgan fingerprint density at radius 3 is 2.38 bits per heavy atom. The van der Waals surface area contributed by atoms with Gasteiger partial charge in [-0.2, -0.15) is 5.10 Å². The summed E-state index contributed by atoms with van der Waals surface area (Å²) in [7, 11) is 1.85. The standard InChI is InChI=1S/C16H26N6O2/c1-19-12-14(11-18-19)10-17-16(24)22-8-6-21(7-9-22)15(23)13-20-4-2-3-5-20/h11-12H,2-10,13H2,1H3,(H,17,24). The smallest absolute Gasteiger partial charge is 0.317 e. The number of aromatic nitrogens is 2. The summed E-state index contributed by atoms with van der Waals surface area (Å²) in [5.74, 6) is 0.187. The number of rotatable bonds is 4. The van der Waals surface area contributed by atoms with Crippen LogP contribution in [-0.4, -0.2) is 82.2 Å². The van der Waals surface area contributed by atoms with Crippen molar-refractivity contribution in [1.29, 1.82) is 0 Å². The average Bonchev–Trinajstić information content (AvgIpc) is 3.24. The molecule has 3 heterocycles. The molecule has 0 aromatic carbocycles. The van der Waals surface area contributed by atoms with E-state index in [2.05, 4.69) is 15.3 Å². The van der Waals surface area contributed by atoms with E-state index >= 15 is 0 Å². The molecule has 2 fully saturated rings. The third-order valence-electron chi connectivity index (χ3n) is 4.68. The minimum absolute atomic E-state index is 0.0782. The minimum Gasteiger partial charge on any atom is -0.338 e. The van der Waals surface area contributed by atoms with Crippen molar-refractivity contribution in [2.45, 2.75) is 19.4 Å². The Morgan fingerprint density at radius 2 is 1.75 bits per heavy atom. The second-order valence-corrected chi connectivity index (χ2v) is 6.53. The number of piperazine rings is 1. The van der Waals surface area contributed by atoms with E-state index in [9.17, 15) is 9.59 Å². The summed E-state index contributed by atoms with van der Waals surface area (Å²) >= 11 is 0. The Labute approximate surface area is 142 Å². The maximum absolute atomic E-state index is 12.3. The van der Waals surface area contributed by atoms with Crippen LogP contribution in [0.15, 0.2) is 12.4 Å². The van der Waals surface area contributed by atoms with E-state index in [1.165, 1.54) is 12.8 Å². The van der Waals surface area contributed by atoms with E-state index in [0.717, 1.165) is 18.7 Å². The molecule has 3 amide bonds. The lowest BCUT2D eigenvalue weighted by Crippen LogP contribution is -2.54. The van der Waals surface area contributed by atoms with Gasteiger partial charge in [0.2, 0.25) is 5.91 Å². The highest BCUT2D eigenvalue weighted by molar-refractivity contribution is 5.79. The Hall–Kier alpha value is -2.09. The van der Waals surface area contributed by atoms with Gasteiger partial charge in [0, 0.05) is 51.5 Å². The van der Waals surface area contributed by atoms with Crippen molar-refractivity contribution in [3.05, 3.63) is 18.0 Å². The zero-order valence-corrected chi connectivity index (χ0v) is 14.3. The summed E-state index contributed by atoms with van der Waals surface area (Å²) in [6.07, 6.45) is 6.01. The van der Waals surface area contributed by atoms with Crippen LogP contribution in [0.2, 0.25) is 0 Å². The highest BCUT2D eigenvalue weighted by atomic mass is 16.2. The van der Waals surface area contributed by atoms with E-state index in [1.54, 1.807) is 15.8 Å². The molecule has 8 nitrogen and oxygen atoms in total. The van der Waals surface area contributed by atoms with Crippen LogP contribution in [0.4, 0.5) is 4.79 Å². The zero-order chi connectivity index (χ0) is 16.9. The van der Waals surface area contributed by atoms with Crippen molar-refractivity contribution in [2.75, 3.05) is 45.8 Å². The lowest BCUT2D eigenvalue weighted by atomic mass is 10.3. The Bertz CT molecular complexity index is 573. The number of urea groups is 1. The van der Waals surface area contributed by atoms with Crippen molar-refractivity contribution in [1.82, 2.24) is 29.8 Å². The summed E-state index contributed by atoms with van der Waals surface area (Å²) in [6.45, 7) is 5.47.